The van der Waals surface area contributed by atoms with E-state index in [0.29, 0.717) is 12.3 Å². The van der Waals surface area contributed by atoms with Gasteiger partial charge in [0, 0.05) is 37.0 Å². The average molecular weight is 394 g/mol. The first-order valence-corrected chi connectivity index (χ1v) is 9.08. The molecule has 0 saturated carbocycles. The molecular formula is C21H22N4O4. The number of aryl methyl sites for hydroxylation is 1. The monoisotopic (exact) mass is 394 g/mol. The number of rotatable bonds is 7. The zero-order valence-electron chi connectivity index (χ0n) is 16.5. The van der Waals surface area contributed by atoms with Crippen LogP contribution in [0.3, 0.4) is 0 Å². The van der Waals surface area contributed by atoms with Crippen LogP contribution in [0, 0.1) is 24.0 Å². The van der Waals surface area contributed by atoms with Gasteiger partial charge in [-0.05, 0) is 38.1 Å². The molecule has 0 atom stereocenters. The highest BCUT2D eigenvalue weighted by Crippen LogP contribution is 2.20. The molecule has 0 aliphatic carbocycles. The van der Waals surface area contributed by atoms with E-state index in [1.54, 1.807) is 11.9 Å². The van der Waals surface area contributed by atoms with Crippen LogP contribution >= 0.6 is 0 Å². The highest BCUT2D eigenvalue weighted by atomic mass is 16.6. The van der Waals surface area contributed by atoms with E-state index >= 15 is 0 Å². The number of nitro benzene ring substituents is 1. The van der Waals surface area contributed by atoms with Gasteiger partial charge in [-0.3, -0.25) is 14.9 Å². The molecule has 0 aliphatic heterocycles. The minimum absolute atomic E-state index is 0.0258. The molecule has 0 aliphatic rings. The summed E-state index contributed by atoms with van der Waals surface area (Å²) in [6.07, 6.45) is 0. The van der Waals surface area contributed by atoms with Gasteiger partial charge in [0.05, 0.1) is 16.3 Å². The number of non-ortho nitro benzene ring substituents is 1. The maximum absolute atomic E-state index is 12.5. The molecule has 0 fully saturated rings. The Labute approximate surface area is 168 Å². The summed E-state index contributed by atoms with van der Waals surface area (Å²) in [4.78, 5) is 24.2. The number of hydrogen-bond acceptors (Lipinski definition) is 5. The van der Waals surface area contributed by atoms with Crippen molar-refractivity contribution in [2.75, 3.05) is 13.7 Å². The van der Waals surface area contributed by atoms with Crippen molar-refractivity contribution in [3.63, 3.8) is 0 Å². The highest BCUT2D eigenvalue weighted by Gasteiger charge is 2.17. The minimum Gasteiger partial charge on any atom is -0.484 e. The lowest BCUT2D eigenvalue weighted by atomic mass is 10.2. The second kappa shape index (κ2) is 8.55. The normalized spacial score (nSPS) is 10.6. The maximum Gasteiger partial charge on any atom is 0.269 e. The Balaban J connectivity index is 1.64. The van der Waals surface area contributed by atoms with Crippen molar-refractivity contribution in [1.82, 2.24) is 14.7 Å². The molecule has 0 radical (unpaired) electrons. The number of carbonyl (C=O) groups is 1. The van der Waals surface area contributed by atoms with Crippen molar-refractivity contribution in [2.24, 2.45) is 0 Å². The number of carbonyl (C=O) groups excluding carboxylic acids is 1. The van der Waals surface area contributed by atoms with Crippen molar-refractivity contribution in [3.8, 4) is 11.4 Å². The molecule has 150 valence electrons. The number of nitrogens with zero attached hydrogens (tertiary/aromatic N) is 4. The third-order valence-corrected chi connectivity index (χ3v) is 4.67. The van der Waals surface area contributed by atoms with Crippen molar-refractivity contribution >= 4 is 11.6 Å². The van der Waals surface area contributed by atoms with Crippen LogP contribution in [0.2, 0.25) is 0 Å². The van der Waals surface area contributed by atoms with E-state index in [2.05, 4.69) is 5.10 Å². The van der Waals surface area contributed by atoms with E-state index in [4.69, 9.17) is 4.74 Å². The lowest BCUT2D eigenvalue weighted by Gasteiger charge is -2.18. The second-order valence-electron chi connectivity index (χ2n) is 6.69. The van der Waals surface area contributed by atoms with Gasteiger partial charge >= 0.3 is 0 Å². The van der Waals surface area contributed by atoms with Crippen molar-refractivity contribution in [3.05, 3.63) is 81.7 Å². The number of aromatic nitrogens is 2. The van der Waals surface area contributed by atoms with Gasteiger partial charge in [0.1, 0.15) is 5.75 Å². The third kappa shape index (κ3) is 4.60. The first kappa shape index (κ1) is 20.1. The molecule has 1 aromatic heterocycles. The number of likely N-dealkylation sites (N-methyl/N-ethyl adjacent to an activating group) is 1. The molecule has 0 spiro atoms. The Hall–Kier alpha value is -3.68. The van der Waals surface area contributed by atoms with E-state index < -0.39 is 4.92 Å². The Morgan fingerprint density at radius 1 is 1.14 bits per heavy atom. The van der Waals surface area contributed by atoms with Crippen molar-refractivity contribution < 1.29 is 14.5 Å². The van der Waals surface area contributed by atoms with Gasteiger partial charge in [0.2, 0.25) is 0 Å². The third-order valence-electron chi connectivity index (χ3n) is 4.67. The Kier molecular flexibility index (Phi) is 5.92. The van der Waals surface area contributed by atoms with Gasteiger partial charge in [-0.25, -0.2) is 4.68 Å². The zero-order chi connectivity index (χ0) is 21.0. The number of hydrogen-bond donors (Lipinski definition) is 0. The summed E-state index contributed by atoms with van der Waals surface area (Å²) in [6.45, 7) is 4.16. The first-order valence-electron chi connectivity index (χ1n) is 9.08. The topological polar surface area (TPSA) is 90.5 Å². The standard InChI is InChI=1S/C21H22N4O4/c1-15-20(16(2)24(22-15)17-7-5-4-6-8-17)13-23(3)21(26)14-29-19-11-9-18(10-12-19)25(27)28/h4-12H,13-14H2,1-3H3. The quantitative estimate of drug-likeness (QED) is 0.452. The number of amides is 1. The fourth-order valence-corrected chi connectivity index (χ4v) is 2.97. The molecule has 0 bridgehead atoms. The summed E-state index contributed by atoms with van der Waals surface area (Å²) >= 11 is 0. The lowest BCUT2D eigenvalue weighted by molar-refractivity contribution is -0.384. The number of nitro groups is 1. The molecule has 8 heteroatoms. The fourth-order valence-electron chi connectivity index (χ4n) is 2.97. The first-order chi connectivity index (χ1) is 13.9. The van der Waals surface area contributed by atoms with Crippen LogP contribution in [-0.2, 0) is 11.3 Å². The highest BCUT2D eigenvalue weighted by molar-refractivity contribution is 5.77. The summed E-state index contributed by atoms with van der Waals surface area (Å²) in [5.41, 5.74) is 3.77. The van der Waals surface area contributed by atoms with E-state index in [-0.39, 0.29) is 18.2 Å². The average Bonchev–Trinajstić information content (AvgIpc) is 3.01. The van der Waals surface area contributed by atoms with Crippen LogP contribution in [0.1, 0.15) is 17.0 Å². The SMILES string of the molecule is Cc1nn(-c2ccccc2)c(C)c1CN(C)C(=O)COc1ccc([N+](=O)[O-])cc1. The van der Waals surface area contributed by atoms with E-state index in [9.17, 15) is 14.9 Å². The van der Waals surface area contributed by atoms with Crippen LogP contribution < -0.4 is 4.74 Å². The Morgan fingerprint density at radius 3 is 2.41 bits per heavy atom. The summed E-state index contributed by atoms with van der Waals surface area (Å²) in [5.74, 6) is 0.205. The number of benzene rings is 2. The van der Waals surface area contributed by atoms with Gasteiger partial charge in [-0.2, -0.15) is 5.10 Å². The fraction of sp³-hybridized carbons (Fsp3) is 0.238. The molecule has 8 nitrogen and oxygen atoms in total. The van der Waals surface area contributed by atoms with Gasteiger partial charge in [0.25, 0.3) is 11.6 Å². The Bertz CT molecular complexity index is 1010. The van der Waals surface area contributed by atoms with Gasteiger partial charge in [-0.1, -0.05) is 18.2 Å². The Morgan fingerprint density at radius 2 is 1.79 bits per heavy atom. The van der Waals surface area contributed by atoms with Crippen LogP contribution in [-0.4, -0.2) is 39.2 Å². The summed E-state index contributed by atoms with van der Waals surface area (Å²) in [5, 5.41) is 15.3. The van der Waals surface area contributed by atoms with Crippen molar-refractivity contribution in [2.45, 2.75) is 20.4 Å². The smallest absolute Gasteiger partial charge is 0.269 e. The number of ether oxygens (including phenoxy) is 1. The molecular weight excluding hydrogens is 372 g/mol. The largest absolute Gasteiger partial charge is 0.484 e. The minimum atomic E-state index is -0.483. The second-order valence-corrected chi connectivity index (χ2v) is 6.69. The zero-order valence-corrected chi connectivity index (χ0v) is 16.5. The lowest BCUT2D eigenvalue weighted by Crippen LogP contribution is -2.31. The molecule has 29 heavy (non-hydrogen) atoms. The van der Waals surface area contributed by atoms with Gasteiger partial charge in [0.15, 0.2) is 6.61 Å². The molecule has 3 aromatic rings. The maximum atomic E-state index is 12.5. The predicted octanol–water partition coefficient (Wildman–Crippen LogP) is 3.43. The molecule has 3 rings (SSSR count). The van der Waals surface area contributed by atoms with Crippen LogP contribution in [0.5, 0.6) is 5.75 Å². The molecule has 0 N–H and O–H groups in total. The number of para-hydroxylation sites is 1. The van der Waals surface area contributed by atoms with Crippen LogP contribution in [0.25, 0.3) is 5.69 Å². The van der Waals surface area contributed by atoms with E-state index in [1.807, 2.05) is 48.9 Å². The molecule has 1 heterocycles. The van der Waals surface area contributed by atoms with Gasteiger partial charge in [-0.15, -0.1) is 0 Å². The summed E-state index contributed by atoms with van der Waals surface area (Å²) in [6, 6.07) is 15.5. The molecule has 0 saturated heterocycles. The molecule has 2 aromatic carbocycles. The summed E-state index contributed by atoms with van der Waals surface area (Å²) in [7, 11) is 1.71. The van der Waals surface area contributed by atoms with Gasteiger partial charge < -0.3 is 9.64 Å². The van der Waals surface area contributed by atoms with E-state index in [1.165, 1.54) is 24.3 Å². The van der Waals surface area contributed by atoms with Crippen LogP contribution in [0.4, 0.5) is 5.69 Å². The predicted molar refractivity (Wildman–Crippen MR) is 108 cm³/mol. The van der Waals surface area contributed by atoms with Crippen molar-refractivity contribution in [1.29, 1.82) is 0 Å². The summed E-state index contributed by atoms with van der Waals surface area (Å²) < 4.78 is 7.33. The molecule has 1 amide bonds. The van der Waals surface area contributed by atoms with E-state index in [0.717, 1.165) is 22.6 Å². The van der Waals surface area contributed by atoms with Crippen LogP contribution in [0.15, 0.2) is 54.6 Å². The molecule has 0 unspecified atom stereocenters.